The highest BCUT2D eigenvalue weighted by Gasteiger charge is 1.98. The summed E-state index contributed by atoms with van der Waals surface area (Å²) in [5.41, 5.74) is 0. The predicted octanol–water partition coefficient (Wildman–Crippen LogP) is 2.80. The van der Waals surface area contributed by atoms with Gasteiger partial charge >= 0.3 is 0 Å². The van der Waals surface area contributed by atoms with Crippen molar-refractivity contribution in [1.29, 1.82) is 0 Å². The monoisotopic (exact) mass is 227 g/mol. The zero-order chi connectivity index (χ0) is 8.97. The van der Waals surface area contributed by atoms with Crippen LogP contribution in [0.1, 0.15) is 6.92 Å². The van der Waals surface area contributed by atoms with Crippen molar-refractivity contribution in [3.63, 3.8) is 0 Å². The van der Waals surface area contributed by atoms with Gasteiger partial charge in [0.25, 0.3) is 0 Å². The summed E-state index contributed by atoms with van der Waals surface area (Å²) in [5, 5.41) is 0. The highest BCUT2D eigenvalue weighted by molar-refractivity contribution is 9.10. The molecule has 0 fully saturated rings. The summed E-state index contributed by atoms with van der Waals surface area (Å²) in [6, 6.07) is 1.87. The van der Waals surface area contributed by atoms with Gasteiger partial charge in [-0.15, -0.1) is 0 Å². The van der Waals surface area contributed by atoms with Gasteiger partial charge in [-0.1, -0.05) is 12.7 Å². The molecule has 0 aliphatic heterocycles. The fraction of sp³-hybridized carbons (Fsp3) is 0.222. The molecule has 1 atom stereocenters. The van der Waals surface area contributed by atoms with E-state index in [4.69, 9.17) is 4.74 Å². The van der Waals surface area contributed by atoms with Gasteiger partial charge in [-0.25, -0.2) is 0 Å². The average molecular weight is 228 g/mol. The van der Waals surface area contributed by atoms with Crippen LogP contribution in [0.15, 0.2) is 35.6 Å². The molecule has 0 N–H and O–H groups in total. The Morgan fingerprint density at radius 1 is 1.67 bits per heavy atom. The Hall–Kier alpha value is -0.830. The van der Waals surface area contributed by atoms with Crippen molar-refractivity contribution in [2.45, 2.75) is 13.0 Å². The Labute approximate surface area is 80.4 Å². The van der Waals surface area contributed by atoms with Crippen molar-refractivity contribution in [2.24, 2.45) is 0 Å². The molecule has 0 amide bonds. The number of aromatic nitrogens is 1. The van der Waals surface area contributed by atoms with Gasteiger partial charge in [-0.2, -0.15) is 0 Å². The fourth-order valence-corrected chi connectivity index (χ4v) is 1.06. The summed E-state index contributed by atoms with van der Waals surface area (Å²) in [4.78, 5) is 3.97. The van der Waals surface area contributed by atoms with Crippen LogP contribution in [0.4, 0.5) is 0 Å². The molecule has 0 bridgehead atoms. The SMILES string of the molecule is C=CC(C)Oc1cncc(Br)c1. The Morgan fingerprint density at radius 2 is 2.42 bits per heavy atom. The zero-order valence-electron chi connectivity index (χ0n) is 6.83. The standard InChI is InChI=1S/C9H10BrNO/c1-3-7(2)12-9-4-8(10)5-11-6-9/h3-7H,1H2,2H3. The quantitative estimate of drug-likeness (QED) is 0.742. The first kappa shape index (κ1) is 9.26. The van der Waals surface area contributed by atoms with Crippen LogP contribution in [0.5, 0.6) is 5.75 Å². The van der Waals surface area contributed by atoms with E-state index in [2.05, 4.69) is 27.5 Å². The molecule has 0 aliphatic carbocycles. The van der Waals surface area contributed by atoms with Crippen molar-refractivity contribution in [2.75, 3.05) is 0 Å². The van der Waals surface area contributed by atoms with Crippen molar-refractivity contribution in [3.05, 3.63) is 35.6 Å². The minimum Gasteiger partial charge on any atom is -0.485 e. The molecule has 1 unspecified atom stereocenters. The van der Waals surface area contributed by atoms with E-state index in [9.17, 15) is 0 Å². The van der Waals surface area contributed by atoms with Gasteiger partial charge in [-0.3, -0.25) is 4.98 Å². The Morgan fingerprint density at radius 3 is 3.00 bits per heavy atom. The summed E-state index contributed by atoms with van der Waals surface area (Å²) in [6.45, 7) is 5.55. The molecule has 0 saturated heterocycles. The largest absolute Gasteiger partial charge is 0.485 e. The Balaban J connectivity index is 2.69. The maximum Gasteiger partial charge on any atom is 0.139 e. The lowest BCUT2D eigenvalue weighted by molar-refractivity contribution is 0.269. The van der Waals surface area contributed by atoms with Crippen molar-refractivity contribution in [1.82, 2.24) is 4.98 Å². The van der Waals surface area contributed by atoms with Crippen LogP contribution >= 0.6 is 15.9 Å². The first-order valence-corrected chi connectivity index (χ1v) is 4.41. The number of pyridine rings is 1. The molecule has 3 heteroatoms. The molecule has 0 aromatic carbocycles. The number of halogens is 1. The summed E-state index contributed by atoms with van der Waals surface area (Å²) >= 11 is 3.31. The molecule has 1 aromatic heterocycles. The van der Waals surface area contributed by atoms with Crippen molar-refractivity contribution < 1.29 is 4.74 Å². The van der Waals surface area contributed by atoms with Crippen LogP contribution in [0.2, 0.25) is 0 Å². The summed E-state index contributed by atoms with van der Waals surface area (Å²) in [6.07, 6.45) is 5.14. The van der Waals surface area contributed by atoms with E-state index in [0.717, 1.165) is 10.2 Å². The second kappa shape index (κ2) is 4.26. The van der Waals surface area contributed by atoms with E-state index in [0.29, 0.717) is 0 Å². The topological polar surface area (TPSA) is 22.1 Å². The molecule has 1 rings (SSSR count). The minimum absolute atomic E-state index is 0.0149. The normalized spacial score (nSPS) is 12.2. The van der Waals surface area contributed by atoms with Gasteiger partial charge < -0.3 is 4.74 Å². The molecule has 0 spiro atoms. The number of ether oxygens (including phenoxy) is 1. The summed E-state index contributed by atoms with van der Waals surface area (Å²) < 4.78 is 6.35. The van der Waals surface area contributed by atoms with E-state index in [-0.39, 0.29) is 6.10 Å². The minimum atomic E-state index is 0.0149. The molecule has 2 nitrogen and oxygen atoms in total. The van der Waals surface area contributed by atoms with E-state index < -0.39 is 0 Å². The van der Waals surface area contributed by atoms with Gasteiger partial charge in [0.2, 0.25) is 0 Å². The molecule has 1 heterocycles. The van der Waals surface area contributed by atoms with Crippen molar-refractivity contribution >= 4 is 15.9 Å². The lowest BCUT2D eigenvalue weighted by Crippen LogP contribution is -2.07. The summed E-state index contributed by atoms with van der Waals surface area (Å²) in [5.74, 6) is 0.747. The van der Waals surface area contributed by atoms with Gasteiger partial charge in [-0.05, 0) is 28.9 Å². The third kappa shape index (κ3) is 2.66. The number of hydrogen-bond acceptors (Lipinski definition) is 2. The second-order valence-corrected chi connectivity index (χ2v) is 3.31. The Bertz CT molecular complexity index is 275. The van der Waals surface area contributed by atoms with Crippen LogP contribution in [-0.4, -0.2) is 11.1 Å². The van der Waals surface area contributed by atoms with Crippen LogP contribution < -0.4 is 4.74 Å². The molecular formula is C9H10BrNO. The van der Waals surface area contributed by atoms with Gasteiger partial charge in [0, 0.05) is 10.7 Å². The highest BCUT2D eigenvalue weighted by atomic mass is 79.9. The van der Waals surface area contributed by atoms with E-state index in [1.54, 1.807) is 18.5 Å². The third-order valence-corrected chi connectivity index (χ3v) is 1.77. The van der Waals surface area contributed by atoms with Gasteiger partial charge in [0.15, 0.2) is 0 Å². The molecular weight excluding hydrogens is 218 g/mol. The maximum atomic E-state index is 5.43. The molecule has 1 aromatic rings. The molecule has 0 aliphatic rings. The molecule has 0 radical (unpaired) electrons. The smallest absolute Gasteiger partial charge is 0.139 e. The lowest BCUT2D eigenvalue weighted by Gasteiger charge is -2.09. The number of hydrogen-bond donors (Lipinski definition) is 0. The lowest BCUT2D eigenvalue weighted by atomic mass is 10.4. The first-order chi connectivity index (χ1) is 5.72. The van der Waals surface area contributed by atoms with Gasteiger partial charge in [0.05, 0.1) is 6.20 Å². The van der Waals surface area contributed by atoms with Gasteiger partial charge in [0.1, 0.15) is 11.9 Å². The summed E-state index contributed by atoms with van der Waals surface area (Å²) in [7, 11) is 0. The molecule has 12 heavy (non-hydrogen) atoms. The van der Waals surface area contributed by atoms with Crippen LogP contribution in [0, 0.1) is 0 Å². The predicted molar refractivity (Wildman–Crippen MR) is 52.2 cm³/mol. The zero-order valence-corrected chi connectivity index (χ0v) is 8.41. The van der Waals surface area contributed by atoms with E-state index in [1.165, 1.54) is 0 Å². The highest BCUT2D eigenvalue weighted by Crippen LogP contribution is 2.16. The number of rotatable bonds is 3. The third-order valence-electron chi connectivity index (χ3n) is 1.33. The van der Waals surface area contributed by atoms with Crippen LogP contribution in [-0.2, 0) is 0 Å². The fourth-order valence-electron chi connectivity index (χ4n) is 0.720. The maximum absolute atomic E-state index is 5.43. The average Bonchev–Trinajstić information content (AvgIpc) is 2.04. The van der Waals surface area contributed by atoms with Crippen molar-refractivity contribution in [3.8, 4) is 5.75 Å². The molecule has 64 valence electrons. The van der Waals surface area contributed by atoms with E-state index >= 15 is 0 Å². The first-order valence-electron chi connectivity index (χ1n) is 3.62. The molecule has 0 saturated carbocycles. The van der Waals surface area contributed by atoms with Crippen LogP contribution in [0.3, 0.4) is 0 Å². The second-order valence-electron chi connectivity index (χ2n) is 2.40. The van der Waals surface area contributed by atoms with Crippen LogP contribution in [0.25, 0.3) is 0 Å². The number of nitrogens with zero attached hydrogens (tertiary/aromatic N) is 1. The Kier molecular flexibility index (Phi) is 3.29. The van der Waals surface area contributed by atoms with E-state index in [1.807, 2.05) is 13.0 Å².